The summed E-state index contributed by atoms with van der Waals surface area (Å²) in [6, 6.07) is 0. The molecule has 74 valence electrons. The Bertz CT molecular complexity index is 89.0. The summed E-state index contributed by atoms with van der Waals surface area (Å²) in [5.41, 5.74) is 0. The summed E-state index contributed by atoms with van der Waals surface area (Å²) < 4.78 is 0. The van der Waals surface area contributed by atoms with Gasteiger partial charge in [0, 0.05) is 5.38 Å². The third-order valence-electron chi connectivity index (χ3n) is 2.31. The van der Waals surface area contributed by atoms with Crippen molar-refractivity contribution in [2.75, 3.05) is 0 Å². The van der Waals surface area contributed by atoms with Crippen LogP contribution in [0.15, 0.2) is 0 Å². The van der Waals surface area contributed by atoms with Crippen molar-refractivity contribution >= 4 is 11.6 Å². The van der Waals surface area contributed by atoms with E-state index in [1.165, 1.54) is 38.5 Å². The summed E-state index contributed by atoms with van der Waals surface area (Å²) in [6.45, 7) is 6.64. The molecule has 0 aliphatic heterocycles. The van der Waals surface area contributed by atoms with Gasteiger partial charge in [0.15, 0.2) is 0 Å². The molecule has 1 unspecified atom stereocenters. The fourth-order valence-corrected chi connectivity index (χ4v) is 1.43. The van der Waals surface area contributed by atoms with Crippen molar-refractivity contribution in [3.8, 4) is 0 Å². The van der Waals surface area contributed by atoms with E-state index in [-0.39, 0.29) is 0 Å². The monoisotopic (exact) mass is 190 g/mol. The van der Waals surface area contributed by atoms with Gasteiger partial charge in [0.05, 0.1) is 0 Å². The Morgan fingerprint density at radius 1 is 1.00 bits per heavy atom. The zero-order chi connectivity index (χ0) is 9.40. The van der Waals surface area contributed by atoms with E-state index in [4.69, 9.17) is 11.6 Å². The molecule has 0 spiro atoms. The summed E-state index contributed by atoms with van der Waals surface area (Å²) in [6.07, 6.45) is 7.97. The molecular formula is C11H23Cl. The first-order valence-electron chi connectivity index (χ1n) is 5.32. The van der Waals surface area contributed by atoms with Gasteiger partial charge in [-0.2, -0.15) is 0 Å². The summed E-state index contributed by atoms with van der Waals surface area (Å²) in [7, 11) is 0. The molecule has 0 aromatic heterocycles. The second-order valence-electron chi connectivity index (χ2n) is 3.96. The van der Waals surface area contributed by atoms with Crippen molar-refractivity contribution in [2.45, 2.75) is 64.7 Å². The molecule has 0 nitrogen and oxygen atoms in total. The highest BCUT2D eigenvalue weighted by molar-refractivity contribution is 6.20. The predicted molar refractivity (Wildman–Crippen MR) is 57.9 cm³/mol. The lowest BCUT2D eigenvalue weighted by atomic mass is 10.0. The van der Waals surface area contributed by atoms with Crippen molar-refractivity contribution in [2.24, 2.45) is 5.92 Å². The number of halogens is 1. The smallest absolute Gasteiger partial charge is 0.0359 e. The first-order chi connectivity index (χ1) is 5.68. The highest BCUT2D eigenvalue weighted by atomic mass is 35.5. The number of hydrogen-bond donors (Lipinski definition) is 0. The Hall–Kier alpha value is 0.290. The molecule has 0 radical (unpaired) electrons. The van der Waals surface area contributed by atoms with E-state index in [9.17, 15) is 0 Å². The zero-order valence-electron chi connectivity index (χ0n) is 8.78. The molecule has 0 saturated carbocycles. The first-order valence-corrected chi connectivity index (χ1v) is 5.76. The quantitative estimate of drug-likeness (QED) is 0.406. The molecule has 0 N–H and O–H groups in total. The molecule has 12 heavy (non-hydrogen) atoms. The van der Waals surface area contributed by atoms with E-state index in [0.29, 0.717) is 11.3 Å². The molecule has 0 aliphatic rings. The minimum Gasteiger partial charge on any atom is -0.123 e. The number of rotatable bonds is 7. The van der Waals surface area contributed by atoms with Gasteiger partial charge >= 0.3 is 0 Å². The maximum Gasteiger partial charge on any atom is 0.0359 e. The highest BCUT2D eigenvalue weighted by Gasteiger charge is 2.07. The van der Waals surface area contributed by atoms with E-state index in [2.05, 4.69) is 20.8 Å². The molecule has 0 fully saturated rings. The Morgan fingerprint density at radius 2 is 1.58 bits per heavy atom. The molecule has 0 saturated heterocycles. The van der Waals surface area contributed by atoms with Crippen molar-refractivity contribution < 1.29 is 0 Å². The molecule has 0 amide bonds. The fraction of sp³-hybridized carbons (Fsp3) is 1.00. The Labute approximate surface area is 82.7 Å². The van der Waals surface area contributed by atoms with Crippen LogP contribution in [0.25, 0.3) is 0 Å². The third-order valence-corrected chi connectivity index (χ3v) is 3.03. The molecule has 1 heteroatoms. The number of unbranched alkanes of at least 4 members (excludes halogenated alkanes) is 4. The first kappa shape index (κ1) is 12.3. The van der Waals surface area contributed by atoms with Gasteiger partial charge in [-0.1, -0.05) is 52.9 Å². The molecule has 0 aliphatic carbocycles. The summed E-state index contributed by atoms with van der Waals surface area (Å²) in [5.74, 6) is 0.637. The maximum atomic E-state index is 6.13. The van der Waals surface area contributed by atoms with Gasteiger partial charge in [-0.05, 0) is 12.3 Å². The summed E-state index contributed by atoms with van der Waals surface area (Å²) in [4.78, 5) is 0. The molecule has 0 heterocycles. The van der Waals surface area contributed by atoms with Crippen LogP contribution in [0.2, 0.25) is 0 Å². The molecule has 0 bridgehead atoms. The van der Waals surface area contributed by atoms with Crippen LogP contribution in [-0.4, -0.2) is 5.38 Å². The van der Waals surface area contributed by atoms with Crippen LogP contribution in [-0.2, 0) is 0 Å². The average molecular weight is 191 g/mol. The number of hydrogen-bond acceptors (Lipinski definition) is 0. The standard InChI is InChI=1S/C11H23Cl/c1-4-5-6-7-8-9-11(12)10(2)3/h10-11H,4-9H2,1-3H3. The van der Waals surface area contributed by atoms with Crippen LogP contribution in [0.4, 0.5) is 0 Å². The largest absolute Gasteiger partial charge is 0.123 e. The molecule has 0 aromatic carbocycles. The van der Waals surface area contributed by atoms with E-state index >= 15 is 0 Å². The molecule has 0 aromatic rings. The SMILES string of the molecule is CCCCCCCC(Cl)C(C)C. The number of alkyl halides is 1. The van der Waals surface area contributed by atoms with Crippen molar-refractivity contribution in [1.29, 1.82) is 0 Å². The fourth-order valence-electron chi connectivity index (χ4n) is 1.28. The second kappa shape index (κ2) is 7.91. The van der Waals surface area contributed by atoms with Crippen molar-refractivity contribution in [1.82, 2.24) is 0 Å². The van der Waals surface area contributed by atoms with Crippen molar-refractivity contribution in [3.63, 3.8) is 0 Å². The van der Waals surface area contributed by atoms with Crippen LogP contribution in [0.3, 0.4) is 0 Å². The average Bonchev–Trinajstić information content (AvgIpc) is 2.03. The van der Waals surface area contributed by atoms with E-state index < -0.39 is 0 Å². The normalized spacial score (nSPS) is 13.8. The van der Waals surface area contributed by atoms with E-state index in [1.807, 2.05) is 0 Å². The minimum atomic E-state index is 0.395. The molecule has 0 rings (SSSR count). The van der Waals surface area contributed by atoms with Gasteiger partial charge < -0.3 is 0 Å². The van der Waals surface area contributed by atoms with Gasteiger partial charge in [0.25, 0.3) is 0 Å². The van der Waals surface area contributed by atoms with Crippen LogP contribution < -0.4 is 0 Å². The van der Waals surface area contributed by atoms with Crippen LogP contribution in [0.1, 0.15) is 59.3 Å². The van der Waals surface area contributed by atoms with Crippen LogP contribution in [0, 0.1) is 5.92 Å². The van der Waals surface area contributed by atoms with Gasteiger partial charge in [-0.25, -0.2) is 0 Å². The van der Waals surface area contributed by atoms with E-state index in [1.54, 1.807) is 0 Å². The molecular weight excluding hydrogens is 168 g/mol. The van der Waals surface area contributed by atoms with Gasteiger partial charge in [0.1, 0.15) is 0 Å². The lowest BCUT2D eigenvalue weighted by molar-refractivity contribution is 0.521. The van der Waals surface area contributed by atoms with Crippen LogP contribution in [0.5, 0.6) is 0 Å². The van der Waals surface area contributed by atoms with Crippen LogP contribution >= 0.6 is 11.6 Å². The second-order valence-corrected chi connectivity index (χ2v) is 4.52. The predicted octanol–water partition coefficient (Wildman–Crippen LogP) is 4.61. The Balaban J connectivity index is 3.08. The summed E-state index contributed by atoms with van der Waals surface area (Å²) >= 11 is 6.13. The lowest BCUT2D eigenvalue weighted by Crippen LogP contribution is -2.06. The lowest BCUT2D eigenvalue weighted by Gasteiger charge is -2.12. The molecule has 1 atom stereocenters. The highest BCUT2D eigenvalue weighted by Crippen LogP contribution is 2.17. The minimum absolute atomic E-state index is 0.395. The third kappa shape index (κ3) is 6.97. The van der Waals surface area contributed by atoms with Gasteiger partial charge in [-0.15, -0.1) is 11.6 Å². The Morgan fingerprint density at radius 3 is 2.08 bits per heavy atom. The summed E-state index contributed by atoms with van der Waals surface area (Å²) in [5, 5.41) is 0.395. The van der Waals surface area contributed by atoms with Crippen molar-refractivity contribution in [3.05, 3.63) is 0 Å². The zero-order valence-corrected chi connectivity index (χ0v) is 9.53. The van der Waals surface area contributed by atoms with Gasteiger partial charge in [-0.3, -0.25) is 0 Å². The maximum absolute atomic E-state index is 6.13. The van der Waals surface area contributed by atoms with Gasteiger partial charge in [0.2, 0.25) is 0 Å². The topological polar surface area (TPSA) is 0 Å². The van der Waals surface area contributed by atoms with E-state index in [0.717, 1.165) is 0 Å². The Kier molecular flexibility index (Phi) is 8.11.